The fraction of sp³-hybridized carbons (Fsp3) is 0.292. The summed E-state index contributed by atoms with van der Waals surface area (Å²) in [4.78, 5) is 29.0. The first-order valence-electron chi connectivity index (χ1n) is 9.99. The first-order valence-corrected chi connectivity index (χ1v) is 9.99. The molecule has 1 aromatic heterocycles. The molecule has 5 nitrogen and oxygen atoms in total. The summed E-state index contributed by atoms with van der Waals surface area (Å²) < 4.78 is 0. The lowest BCUT2D eigenvalue weighted by atomic mass is 9.97. The standard InChI is InChI=1S/C24H25N3O2/c1-14-19-6-4-5-7-22(19)25-16(3)20(14)13-24(29)26-15(2)17-8-10-21-18(12-17)9-11-23(28)27-21/h4-8,10,12,15H,9,11,13H2,1-3H3,(H,26,29)(H,27,28). The maximum atomic E-state index is 12.8. The van der Waals surface area contributed by atoms with Crippen molar-refractivity contribution in [1.82, 2.24) is 10.3 Å². The Balaban J connectivity index is 1.50. The lowest BCUT2D eigenvalue weighted by Crippen LogP contribution is -2.29. The van der Waals surface area contributed by atoms with Gasteiger partial charge in [-0.05, 0) is 61.6 Å². The number of fused-ring (bicyclic) bond motifs is 2. The Morgan fingerprint density at radius 3 is 2.79 bits per heavy atom. The second-order valence-electron chi connectivity index (χ2n) is 7.75. The maximum absolute atomic E-state index is 12.8. The number of anilines is 1. The van der Waals surface area contributed by atoms with Gasteiger partial charge >= 0.3 is 0 Å². The largest absolute Gasteiger partial charge is 0.349 e. The van der Waals surface area contributed by atoms with Crippen molar-refractivity contribution in [3.63, 3.8) is 0 Å². The van der Waals surface area contributed by atoms with Crippen LogP contribution in [0.5, 0.6) is 0 Å². The van der Waals surface area contributed by atoms with Crippen molar-refractivity contribution in [3.05, 3.63) is 70.4 Å². The summed E-state index contributed by atoms with van der Waals surface area (Å²) in [6, 6.07) is 13.9. The predicted molar refractivity (Wildman–Crippen MR) is 115 cm³/mol. The van der Waals surface area contributed by atoms with E-state index >= 15 is 0 Å². The Hall–Kier alpha value is -3.21. The molecule has 2 heterocycles. The molecule has 3 aromatic rings. The van der Waals surface area contributed by atoms with Crippen LogP contribution in [0, 0.1) is 13.8 Å². The molecule has 148 valence electrons. The summed E-state index contributed by atoms with van der Waals surface area (Å²) >= 11 is 0. The number of amides is 2. The van der Waals surface area contributed by atoms with Crippen molar-refractivity contribution in [2.24, 2.45) is 0 Å². The van der Waals surface area contributed by atoms with Gasteiger partial charge in [0.25, 0.3) is 0 Å². The van der Waals surface area contributed by atoms with Gasteiger partial charge < -0.3 is 10.6 Å². The molecule has 1 unspecified atom stereocenters. The van der Waals surface area contributed by atoms with Crippen LogP contribution in [0.3, 0.4) is 0 Å². The van der Waals surface area contributed by atoms with Crippen LogP contribution >= 0.6 is 0 Å². The highest BCUT2D eigenvalue weighted by atomic mass is 16.2. The molecule has 4 rings (SSSR count). The molecule has 5 heteroatoms. The van der Waals surface area contributed by atoms with Crippen molar-refractivity contribution in [3.8, 4) is 0 Å². The number of rotatable bonds is 4. The number of hydrogen-bond acceptors (Lipinski definition) is 3. The summed E-state index contributed by atoms with van der Waals surface area (Å²) in [7, 11) is 0. The van der Waals surface area contributed by atoms with Gasteiger partial charge in [-0.2, -0.15) is 0 Å². The van der Waals surface area contributed by atoms with Gasteiger partial charge in [-0.3, -0.25) is 14.6 Å². The Labute approximate surface area is 170 Å². The van der Waals surface area contributed by atoms with Crippen LogP contribution in [0.15, 0.2) is 42.5 Å². The third-order valence-electron chi connectivity index (χ3n) is 5.73. The average Bonchev–Trinajstić information content (AvgIpc) is 2.70. The minimum absolute atomic E-state index is 0.0215. The zero-order chi connectivity index (χ0) is 20.5. The molecule has 0 aliphatic carbocycles. The summed E-state index contributed by atoms with van der Waals surface area (Å²) in [5, 5.41) is 7.09. The van der Waals surface area contributed by atoms with Gasteiger partial charge in [0.05, 0.1) is 18.0 Å². The van der Waals surface area contributed by atoms with Gasteiger partial charge in [0.1, 0.15) is 0 Å². The van der Waals surface area contributed by atoms with Crippen LogP contribution in [-0.2, 0) is 22.4 Å². The number of aryl methyl sites for hydroxylation is 3. The summed E-state index contributed by atoms with van der Waals surface area (Å²) in [5.74, 6) is 0.0353. The second-order valence-corrected chi connectivity index (χ2v) is 7.75. The van der Waals surface area contributed by atoms with E-state index in [1.165, 1.54) is 0 Å². The topological polar surface area (TPSA) is 71.1 Å². The minimum Gasteiger partial charge on any atom is -0.349 e. The van der Waals surface area contributed by atoms with Crippen molar-refractivity contribution >= 4 is 28.4 Å². The van der Waals surface area contributed by atoms with Gasteiger partial charge in [0, 0.05) is 23.2 Å². The summed E-state index contributed by atoms with van der Waals surface area (Å²) in [6.45, 7) is 6.00. The smallest absolute Gasteiger partial charge is 0.224 e. The third-order valence-corrected chi connectivity index (χ3v) is 5.73. The Morgan fingerprint density at radius 1 is 1.17 bits per heavy atom. The Kier molecular flexibility index (Phi) is 5.05. The monoisotopic (exact) mass is 387 g/mol. The number of hydrogen-bond donors (Lipinski definition) is 2. The molecule has 0 saturated heterocycles. The fourth-order valence-corrected chi connectivity index (χ4v) is 4.04. The number of aromatic nitrogens is 1. The Bertz CT molecular complexity index is 1120. The third kappa shape index (κ3) is 3.86. The van der Waals surface area contributed by atoms with Crippen LogP contribution in [0.25, 0.3) is 10.9 Å². The minimum atomic E-state index is -0.112. The highest BCUT2D eigenvalue weighted by Gasteiger charge is 2.18. The van der Waals surface area contributed by atoms with Crippen molar-refractivity contribution < 1.29 is 9.59 Å². The van der Waals surface area contributed by atoms with Crippen LogP contribution in [-0.4, -0.2) is 16.8 Å². The molecule has 29 heavy (non-hydrogen) atoms. The number of nitrogens with one attached hydrogen (secondary N) is 2. The Morgan fingerprint density at radius 2 is 1.97 bits per heavy atom. The molecule has 2 amide bonds. The molecule has 0 bridgehead atoms. The van der Waals surface area contributed by atoms with E-state index in [4.69, 9.17) is 0 Å². The molecular formula is C24H25N3O2. The highest BCUT2D eigenvalue weighted by molar-refractivity contribution is 5.94. The lowest BCUT2D eigenvalue weighted by molar-refractivity contribution is -0.121. The molecule has 2 aromatic carbocycles. The van der Waals surface area contributed by atoms with E-state index < -0.39 is 0 Å². The highest BCUT2D eigenvalue weighted by Crippen LogP contribution is 2.27. The number of carbonyl (C=O) groups is 2. The molecule has 1 aliphatic heterocycles. The predicted octanol–water partition coefficient (Wildman–Crippen LogP) is 4.16. The van der Waals surface area contributed by atoms with E-state index in [1.807, 2.05) is 50.2 Å². The molecule has 2 N–H and O–H groups in total. The van der Waals surface area contributed by atoms with E-state index in [2.05, 4.69) is 28.6 Å². The van der Waals surface area contributed by atoms with Crippen LogP contribution < -0.4 is 10.6 Å². The van der Waals surface area contributed by atoms with Gasteiger partial charge in [-0.15, -0.1) is 0 Å². The first kappa shape index (κ1) is 19.1. The molecule has 1 atom stereocenters. The lowest BCUT2D eigenvalue weighted by Gasteiger charge is -2.21. The van der Waals surface area contributed by atoms with Gasteiger partial charge in [0.15, 0.2) is 0 Å². The summed E-state index contributed by atoms with van der Waals surface area (Å²) in [6.07, 6.45) is 1.54. The average molecular weight is 387 g/mol. The van der Waals surface area contributed by atoms with Crippen LogP contribution in [0.4, 0.5) is 5.69 Å². The zero-order valence-corrected chi connectivity index (χ0v) is 17.0. The van der Waals surface area contributed by atoms with E-state index in [9.17, 15) is 9.59 Å². The first-order chi connectivity index (χ1) is 13.9. The van der Waals surface area contributed by atoms with Crippen molar-refractivity contribution in [2.45, 2.75) is 46.1 Å². The number of para-hydroxylation sites is 1. The molecule has 0 radical (unpaired) electrons. The van der Waals surface area contributed by atoms with Gasteiger partial charge in [0.2, 0.25) is 11.8 Å². The van der Waals surface area contributed by atoms with Crippen molar-refractivity contribution in [2.75, 3.05) is 5.32 Å². The second kappa shape index (κ2) is 7.66. The van der Waals surface area contributed by atoms with E-state index in [1.54, 1.807) is 0 Å². The number of pyridine rings is 1. The van der Waals surface area contributed by atoms with Gasteiger partial charge in [-0.25, -0.2) is 0 Å². The molecule has 0 saturated carbocycles. The van der Waals surface area contributed by atoms with E-state index in [-0.39, 0.29) is 17.9 Å². The molecule has 1 aliphatic rings. The van der Waals surface area contributed by atoms with Gasteiger partial charge in [-0.1, -0.05) is 30.3 Å². The van der Waals surface area contributed by atoms with Crippen LogP contribution in [0.1, 0.15) is 47.3 Å². The van der Waals surface area contributed by atoms with E-state index in [0.717, 1.165) is 51.0 Å². The van der Waals surface area contributed by atoms with Crippen LogP contribution in [0.2, 0.25) is 0 Å². The summed E-state index contributed by atoms with van der Waals surface area (Å²) in [5.41, 5.74) is 6.99. The SMILES string of the molecule is Cc1nc2ccccc2c(C)c1CC(=O)NC(C)c1ccc2c(c1)CCC(=O)N2. The zero-order valence-electron chi connectivity index (χ0n) is 17.0. The molecule has 0 spiro atoms. The number of nitrogens with zero attached hydrogens (tertiary/aromatic N) is 1. The van der Waals surface area contributed by atoms with E-state index in [0.29, 0.717) is 12.8 Å². The molecular weight excluding hydrogens is 362 g/mol. The number of benzene rings is 2. The fourth-order valence-electron chi connectivity index (χ4n) is 4.04. The number of carbonyl (C=O) groups excluding carboxylic acids is 2. The normalized spacial score (nSPS) is 14.2. The molecule has 0 fully saturated rings. The van der Waals surface area contributed by atoms with Crippen molar-refractivity contribution in [1.29, 1.82) is 0 Å². The maximum Gasteiger partial charge on any atom is 0.224 e. The quantitative estimate of drug-likeness (QED) is 0.706.